The number of nitrogens with zero attached hydrogens (tertiary/aromatic N) is 4. The van der Waals surface area contributed by atoms with Gasteiger partial charge in [0.15, 0.2) is 0 Å². The maximum absolute atomic E-state index is 12.2. The predicted molar refractivity (Wildman–Crippen MR) is 79.7 cm³/mol. The lowest BCUT2D eigenvalue weighted by Gasteiger charge is -2.16. The molecule has 1 saturated heterocycles. The summed E-state index contributed by atoms with van der Waals surface area (Å²) in [6.45, 7) is 1.31. The van der Waals surface area contributed by atoms with Gasteiger partial charge in [-0.2, -0.15) is 0 Å². The molecule has 1 aromatic carbocycles. The van der Waals surface area contributed by atoms with Crippen LogP contribution in [0.1, 0.15) is 36.9 Å². The smallest absolute Gasteiger partial charge is 0.410 e. The van der Waals surface area contributed by atoms with Crippen LogP contribution >= 0.6 is 0 Å². The number of carbonyl (C=O) groups excluding carboxylic acids is 1. The molecule has 1 amide bonds. The zero-order valence-corrected chi connectivity index (χ0v) is 12.3. The highest BCUT2D eigenvalue weighted by Crippen LogP contribution is 2.39. The fourth-order valence-electron chi connectivity index (χ4n) is 2.81. The second-order valence-electron chi connectivity index (χ2n) is 5.97. The zero-order chi connectivity index (χ0) is 14.9. The standard InChI is InChI=1S/C16H18N4O2/c21-16(22-14-4-2-1-3-5-14)19-9-8-13(10-19)20-11-15(17-18-20)12-6-7-12/h1-5,11-13H,6-10H2/t13-/m0/s1. The first-order valence-electron chi connectivity index (χ1n) is 7.73. The van der Waals surface area contributed by atoms with Crippen molar-refractivity contribution in [2.75, 3.05) is 13.1 Å². The van der Waals surface area contributed by atoms with Crippen LogP contribution in [0.4, 0.5) is 4.79 Å². The van der Waals surface area contributed by atoms with Crippen molar-refractivity contribution in [3.05, 3.63) is 42.2 Å². The van der Waals surface area contributed by atoms with Crippen LogP contribution in [0, 0.1) is 0 Å². The molecule has 2 fully saturated rings. The van der Waals surface area contributed by atoms with Gasteiger partial charge in [0.05, 0.1) is 11.7 Å². The van der Waals surface area contributed by atoms with Crippen LogP contribution in [0.3, 0.4) is 0 Å². The number of hydrogen-bond acceptors (Lipinski definition) is 4. The van der Waals surface area contributed by atoms with Gasteiger partial charge in [0.1, 0.15) is 5.75 Å². The molecule has 2 aliphatic rings. The minimum absolute atomic E-state index is 0.198. The number of likely N-dealkylation sites (tertiary alicyclic amines) is 1. The number of hydrogen-bond donors (Lipinski definition) is 0. The van der Waals surface area contributed by atoms with Crippen LogP contribution < -0.4 is 4.74 Å². The molecule has 1 atom stereocenters. The maximum atomic E-state index is 12.2. The largest absolute Gasteiger partial charge is 0.415 e. The highest BCUT2D eigenvalue weighted by Gasteiger charge is 2.31. The van der Waals surface area contributed by atoms with Crippen molar-refractivity contribution in [3.63, 3.8) is 0 Å². The molecule has 6 heteroatoms. The highest BCUT2D eigenvalue weighted by molar-refractivity contribution is 5.71. The normalized spacial score (nSPS) is 21.1. The summed E-state index contributed by atoms with van der Waals surface area (Å²) in [5.74, 6) is 1.18. The second kappa shape index (κ2) is 5.44. The lowest BCUT2D eigenvalue weighted by molar-refractivity contribution is 0.161. The van der Waals surface area contributed by atoms with Gasteiger partial charge in [-0.3, -0.25) is 0 Å². The van der Waals surface area contributed by atoms with Gasteiger partial charge in [-0.05, 0) is 31.4 Å². The Labute approximate surface area is 128 Å². The summed E-state index contributed by atoms with van der Waals surface area (Å²) in [5.41, 5.74) is 1.09. The fraction of sp³-hybridized carbons (Fsp3) is 0.438. The quantitative estimate of drug-likeness (QED) is 0.874. The number of aromatic nitrogens is 3. The van der Waals surface area contributed by atoms with Gasteiger partial charge in [0, 0.05) is 25.2 Å². The minimum atomic E-state index is -0.295. The Morgan fingerprint density at radius 3 is 2.77 bits per heavy atom. The van der Waals surface area contributed by atoms with E-state index in [-0.39, 0.29) is 12.1 Å². The molecule has 0 N–H and O–H groups in total. The topological polar surface area (TPSA) is 60.2 Å². The van der Waals surface area contributed by atoms with Gasteiger partial charge >= 0.3 is 6.09 Å². The molecule has 1 aliphatic carbocycles. The Morgan fingerprint density at radius 2 is 2.00 bits per heavy atom. The number of rotatable bonds is 3. The summed E-state index contributed by atoms with van der Waals surface area (Å²) >= 11 is 0. The van der Waals surface area contributed by atoms with Crippen LogP contribution in [0.25, 0.3) is 0 Å². The van der Waals surface area contributed by atoms with Crippen LogP contribution in [-0.4, -0.2) is 39.1 Å². The first-order chi connectivity index (χ1) is 10.8. The Morgan fingerprint density at radius 1 is 1.18 bits per heavy atom. The molecule has 6 nitrogen and oxygen atoms in total. The third-order valence-corrected chi connectivity index (χ3v) is 4.27. The Balaban J connectivity index is 1.37. The number of ether oxygens (including phenoxy) is 1. The summed E-state index contributed by atoms with van der Waals surface area (Å²) in [5, 5.41) is 8.46. The molecule has 0 bridgehead atoms. The van der Waals surface area contributed by atoms with Crippen LogP contribution in [0.2, 0.25) is 0 Å². The van der Waals surface area contributed by atoms with Crippen molar-refractivity contribution >= 4 is 6.09 Å². The van der Waals surface area contributed by atoms with E-state index in [0.717, 1.165) is 12.1 Å². The number of para-hydroxylation sites is 1. The molecular formula is C16H18N4O2. The first-order valence-corrected chi connectivity index (χ1v) is 7.73. The van der Waals surface area contributed by atoms with Crippen LogP contribution in [0.5, 0.6) is 5.75 Å². The lowest BCUT2D eigenvalue weighted by atomic mass is 10.2. The Bertz CT molecular complexity index is 666. The number of amides is 1. The summed E-state index contributed by atoms with van der Waals surface area (Å²) in [6.07, 6.45) is 5.07. The third kappa shape index (κ3) is 2.68. The van der Waals surface area contributed by atoms with Gasteiger partial charge in [0.25, 0.3) is 0 Å². The molecule has 0 unspecified atom stereocenters. The van der Waals surface area contributed by atoms with E-state index in [1.807, 2.05) is 29.1 Å². The maximum Gasteiger partial charge on any atom is 0.415 e. The summed E-state index contributed by atoms with van der Waals surface area (Å²) < 4.78 is 7.28. The molecule has 4 rings (SSSR count). The van der Waals surface area contributed by atoms with E-state index in [1.54, 1.807) is 17.0 Å². The number of benzene rings is 1. The van der Waals surface area contributed by atoms with E-state index < -0.39 is 0 Å². The van der Waals surface area contributed by atoms with E-state index in [9.17, 15) is 4.79 Å². The Kier molecular flexibility index (Phi) is 3.29. The molecule has 1 saturated carbocycles. The van der Waals surface area contributed by atoms with E-state index >= 15 is 0 Å². The first kappa shape index (κ1) is 13.3. The SMILES string of the molecule is O=C(Oc1ccccc1)N1CC[C@H](n2cc(C3CC3)nn2)C1. The van der Waals surface area contributed by atoms with Crippen molar-refractivity contribution in [2.45, 2.75) is 31.2 Å². The summed E-state index contributed by atoms with van der Waals surface area (Å²) in [4.78, 5) is 13.9. The van der Waals surface area contributed by atoms with Crippen LogP contribution in [-0.2, 0) is 0 Å². The molecule has 22 heavy (non-hydrogen) atoms. The predicted octanol–water partition coefficient (Wildman–Crippen LogP) is 2.60. The average Bonchev–Trinajstić information content (AvgIpc) is 3.08. The average molecular weight is 298 g/mol. The van der Waals surface area contributed by atoms with Crippen molar-refractivity contribution in [3.8, 4) is 5.75 Å². The van der Waals surface area contributed by atoms with Gasteiger partial charge in [0.2, 0.25) is 0 Å². The van der Waals surface area contributed by atoms with Gasteiger partial charge in [-0.1, -0.05) is 23.4 Å². The van der Waals surface area contributed by atoms with E-state index in [4.69, 9.17) is 4.74 Å². The molecule has 1 aromatic heterocycles. The summed E-state index contributed by atoms with van der Waals surface area (Å²) in [6, 6.07) is 9.36. The highest BCUT2D eigenvalue weighted by atomic mass is 16.6. The van der Waals surface area contributed by atoms with Crippen molar-refractivity contribution in [2.24, 2.45) is 0 Å². The molecule has 2 heterocycles. The van der Waals surface area contributed by atoms with E-state index in [2.05, 4.69) is 10.3 Å². The van der Waals surface area contributed by atoms with Crippen molar-refractivity contribution in [1.82, 2.24) is 19.9 Å². The van der Waals surface area contributed by atoms with Crippen LogP contribution in [0.15, 0.2) is 36.5 Å². The minimum Gasteiger partial charge on any atom is -0.410 e. The van der Waals surface area contributed by atoms with Gasteiger partial charge in [-0.25, -0.2) is 9.48 Å². The summed E-state index contributed by atoms with van der Waals surface area (Å²) in [7, 11) is 0. The lowest BCUT2D eigenvalue weighted by Crippen LogP contribution is -2.31. The molecular weight excluding hydrogens is 280 g/mol. The fourth-order valence-corrected chi connectivity index (χ4v) is 2.81. The number of carbonyl (C=O) groups is 1. The molecule has 1 aliphatic heterocycles. The van der Waals surface area contributed by atoms with E-state index in [0.29, 0.717) is 24.8 Å². The Hall–Kier alpha value is -2.37. The van der Waals surface area contributed by atoms with E-state index in [1.165, 1.54) is 12.8 Å². The van der Waals surface area contributed by atoms with Gasteiger partial charge in [-0.15, -0.1) is 5.10 Å². The van der Waals surface area contributed by atoms with Crippen molar-refractivity contribution < 1.29 is 9.53 Å². The van der Waals surface area contributed by atoms with Crippen molar-refractivity contribution in [1.29, 1.82) is 0 Å². The zero-order valence-electron chi connectivity index (χ0n) is 12.3. The molecule has 2 aromatic rings. The second-order valence-corrected chi connectivity index (χ2v) is 5.97. The molecule has 114 valence electrons. The molecule has 0 spiro atoms. The van der Waals surface area contributed by atoms with Gasteiger partial charge < -0.3 is 9.64 Å². The third-order valence-electron chi connectivity index (χ3n) is 4.27. The molecule has 0 radical (unpaired) electrons. The monoisotopic (exact) mass is 298 g/mol.